The molecule has 2 unspecified atom stereocenters. The molecule has 4 nitrogen and oxygen atoms in total. The maximum atomic E-state index is 12.3. The van der Waals surface area contributed by atoms with E-state index in [2.05, 4.69) is 34.5 Å². The van der Waals surface area contributed by atoms with Crippen LogP contribution in [-0.2, 0) is 17.3 Å². The van der Waals surface area contributed by atoms with Crippen LogP contribution in [0.3, 0.4) is 0 Å². The standard InChI is InChI=1S/C21H26N2O2S/c1-26(25)20-11-9-19(10-12-20)21(24)22-14-18-8-5-13-23(16-18)15-17-6-3-2-4-7-17/h2-4,6-7,9-12,18H,5,8,13-16H2,1H3,(H,22,24). The SMILES string of the molecule is CS(=O)c1ccc(C(=O)NCC2CCCN(Cc3ccccc3)C2)cc1. The zero-order valence-electron chi connectivity index (χ0n) is 15.2. The van der Waals surface area contributed by atoms with Gasteiger partial charge >= 0.3 is 0 Å². The summed E-state index contributed by atoms with van der Waals surface area (Å²) in [4.78, 5) is 15.6. The normalized spacial score (nSPS) is 19.0. The van der Waals surface area contributed by atoms with E-state index in [1.54, 1.807) is 30.5 Å². The maximum Gasteiger partial charge on any atom is 0.251 e. The summed E-state index contributed by atoms with van der Waals surface area (Å²) in [6.07, 6.45) is 3.96. The number of piperidine rings is 1. The monoisotopic (exact) mass is 370 g/mol. The van der Waals surface area contributed by atoms with Crippen LogP contribution in [0, 0.1) is 5.92 Å². The van der Waals surface area contributed by atoms with E-state index in [0.717, 1.165) is 31.0 Å². The number of nitrogens with one attached hydrogen (secondary N) is 1. The summed E-state index contributed by atoms with van der Waals surface area (Å²) in [6.45, 7) is 3.81. The van der Waals surface area contributed by atoms with E-state index in [0.29, 0.717) is 18.0 Å². The Morgan fingerprint density at radius 3 is 2.58 bits per heavy atom. The molecule has 1 fully saturated rings. The molecule has 138 valence electrons. The Kier molecular flexibility index (Phi) is 6.58. The quantitative estimate of drug-likeness (QED) is 0.850. The third kappa shape index (κ3) is 5.26. The molecule has 0 aromatic heterocycles. The van der Waals surface area contributed by atoms with Gasteiger partial charge in [-0.1, -0.05) is 30.3 Å². The summed E-state index contributed by atoms with van der Waals surface area (Å²) >= 11 is 0. The van der Waals surface area contributed by atoms with Crippen molar-refractivity contribution in [2.75, 3.05) is 25.9 Å². The predicted molar refractivity (Wildman–Crippen MR) is 106 cm³/mol. The largest absolute Gasteiger partial charge is 0.352 e. The van der Waals surface area contributed by atoms with Crippen molar-refractivity contribution in [2.45, 2.75) is 24.3 Å². The minimum absolute atomic E-state index is 0.0568. The van der Waals surface area contributed by atoms with Gasteiger partial charge in [0, 0.05) is 47.1 Å². The molecule has 2 aromatic carbocycles. The van der Waals surface area contributed by atoms with Crippen LogP contribution in [0.25, 0.3) is 0 Å². The van der Waals surface area contributed by atoms with Gasteiger partial charge in [-0.15, -0.1) is 0 Å². The highest BCUT2D eigenvalue weighted by atomic mass is 32.2. The van der Waals surface area contributed by atoms with E-state index >= 15 is 0 Å². The number of rotatable bonds is 6. The van der Waals surface area contributed by atoms with Gasteiger partial charge in [-0.3, -0.25) is 13.9 Å². The van der Waals surface area contributed by atoms with E-state index < -0.39 is 10.8 Å². The maximum absolute atomic E-state index is 12.3. The van der Waals surface area contributed by atoms with Crippen LogP contribution in [0.4, 0.5) is 0 Å². The molecule has 0 spiro atoms. The van der Waals surface area contributed by atoms with E-state index in [1.165, 1.54) is 12.0 Å². The second kappa shape index (κ2) is 9.10. The molecule has 1 amide bonds. The first kappa shape index (κ1) is 18.8. The van der Waals surface area contributed by atoms with Gasteiger partial charge in [-0.25, -0.2) is 0 Å². The lowest BCUT2D eigenvalue weighted by Gasteiger charge is -2.32. The summed E-state index contributed by atoms with van der Waals surface area (Å²) in [7, 11) is -1.02. The van der Waals surface area contributed by atoms with E-state index in [1.807, 2.05) is 6.07 Å². The highest BCUT2D eigenvalue weighted by Gasteiger charge is 2.20. The number of carbonyl (C=O) groups is 1. The van der Waals surface area contributed by atoms with Crippen molar-refractivity contribution in [1.82, 2.24) is 10.2 Å². The smallest absolute Gasteiger partial charge is 0.251 e. The zero-order chi connectivity index (χ0) is 18.4. The molecule has 0 saturated carbocycles. The molecule has 3 rings (SSSR count). The second-order valence-corrected chi connectivity index (χ2v) is 8.30. The number of nitrogens with zero attached hydrogens (tertiary/aromatic N) is 1. The summed E-state index contributed by atoms with van der Waals surface area (Å²) in [5.74, 6) is 0.428. The Bertz CT molecular complexity index is 746. The molecular formula is C21H26N2O2S. The molecule has 0 bridgehead atoms. The van der Waals surface area contributed by atoms with Crippen LogP contribution in [0.1, 0.15) is 28.8 Å². The molecule has 1 saturated heterocycles. The molecule has 1 heterocycles. The molecule has 1 aliphatic heterocycles. The minimum Gasteiger partial charge on any atom is -0.352 e. The second-order valence-electron chi connectivity index (χ2n) is 6.92. The lowest BCUT2D eigenvalue weighted by molar-refractivity contribution is 0.0930. The van der Waals surface area contributed by atoms with Crippen molar-refractivity contribution in [3.05, 3.63) is 65.7 Å². The van der Waals surface area contributed by atoms with Crippen molar-refractivity contribution >= 4 is 16.7 Å². The number of benzene rings is 2. The average molecular weight is 371 g/mol. The number of amides is 1. The molecular weight excluding hydrogens is 344 g/mol. The molecule has 5 heteroatoms. The minimum atomic E-state index is -1.02. The van der Waals surface area contributed by atoms with E-state index in [-0.39, 0.29) is 5.91 Å². The Hall–Kier alpha value is -1.98. The third-order valence-electron chi connectivity index (χ3n) is 4.85. The van der Waals surface area contributed by atoms with Gasteiger partial charge in [0.15, 0.2) is 0 Å². The summed E-state index contributed by atoms with van der Waals surface area (Å²) < 4.78 is 11.4. The molecule has 2 atom stereocenters. The molecule has 1 N–H and O–H groups in total. The van der Waals surface area contributed by atoms with Gasteiger partial charge in [-0.05, 0) is 55.1 Å². The van der Waals surface area contributed by atoms with Crippen molar-refractivity contribution in [1.29, 1.82) is 0 Å². The van der Waals surface area contributed by atoms with Crippen molar-refractivity contribution in [3.63, 3.8) is 0 Å². The van der Waals surface area contributed by atoms with Gasteiger partial charge in [-0.2, -0.15) is 0 Å². The fourth-order valence-corrected chi connectivity index (χ4v) is 3.96. The van der Waals surface area contributed by atoms with E-state index in [4.69, 9.17) is 0 Å². The fraction of sp³-hybridized carbons (Fsp3) is 0.381. The number of likely N-dealkylation sites (tertiary alicyclic amines) is 1. The molecule has 26 heavy (non-hydrogen) atoms. The number of carbonyl (C=O) groups excluding carboxylic acids is 1. The van der Waals surface area contributed by atoms with Gasteiger partial charge in [0.05, 0.1) is 0 Å². The first-order valence-corrected chi connectivity index (χ1v) is 10.7. The summed E-state index contributed by atoms with van der Waals surface area (Å²) in [5.41, 5.74) is 1.96. The van der Waals surface area contributed by atoms with Gasteiger partial charge in [0.25, 0.3) is 5.91 Å². The molecule has 0 aliphatic carbocycles. The number of hydrogen-bond acceptors (Lipinski definition) is 3. The predicted octanol–water partition coefficient (Wildman–Crippen LogP) is 3.07. The lowest BCUT2D eigenvalue weighted by atomic mass is 9.97. The molecule has 2 aromatic rings. The zero-order valence-corrected chi connectivity index (χ0v) is 16.0. The van der Waals surface area contributed by atoms with Crippen molar-refractivity contribution in [2.24, 2.45) is 5.92 Å². The van der Waals surface area contributed by atoms with Crippen LogP contribution >= 0.6 is 0 Å². The van der Waals surface area contributed by atoms with Crippen LogP contribution in [0.15, 0.2) is 59.5 Å². The lowest BCUT2D eigenvalue weighted by Crippen LogP contribution is -2.40. The summed E-state index contributed by atoms with van der Waals surface area (Å²) in [5, 5.41) is 3.06. The Balaban J connectivity index is 1.49. The highest BCUT2D eigenvalue weighted by molar-refractivity contribution is 7.84. The van der Waals surface area contributed by atoms with Crippen molar-refractivity contribution < 1.29 is 9.00 Å². The van der Waals surface area contributed by atoms with Gasteiger partial charge in [0.2, 0.25) is 0 Å². The van der Waals surface area contributed by atoms with Crippen LogP contribution < -0.4 is 5.32 Å². The Labute approximate surface area is 158 Å². The first-order valence-electron chi connectivity index (χ1n) is 9.10. The summed E-state index contributed by atoms with van der Waals surface area (Å²) in [6, 6.07) is 17.5. The first-order chi connectivity index (χ1) is 12.6. The van der Waals surface area contributed by atoms with Gasteiger partial charge in [0.1, 0.15) is 0 Å². The van der Waals surface area contributed by atoms with Crippen LogP contribution in [0.5, 0.6) is 0 Å². The highest BCUT2D eigenvalue weighted by Crippen LogP contribution is 2.18. The van der Waals surface area contributed by atoms with Crippen LogP contribution in [0.2, 0.25) is 0 Å². The molecule has 1 aliphatic rings. The fourth-order valence-electron chi connectivity index (χ4n) is 3.44. The Morgan fingerprint density at radius 1 is 1.15 bits per heavy atom. The Morgan fingerprint density at radius 2 is 1.88 bits per heavy atom. The van der Waals surface area contributed by atoms with Gasteiger partial charge < -0.3 is 5.32 Å². The average Bonchev–Trinajstić information content (AvgIpc) is 2.67. The molecule has 0 radical (unpaired) electrons. The topological polar surface area (TPSA) is 49.4 Å². The third-order valence-corrected chi connectivity index (χ3v) is 5.79. The van der Waals surface area contributed by atoms with E-state index in [9.17, 15) is 9.00 Å². The van der Waals surface area contributed by atoms with Crippen LogP contribution in [-0.4, -0.2) is 40.9 Å². The number of hydrogen-bond donors (Lipinski definition) is 1. The van der Waals surface area contributed by atoms with Crippen molar-refractivity contribution in [3.8, 4) is 0 Å².